The molecule has 0 aliphatic carbocycles. The smallest absolute Gasteiger partial charge is 0.141 e. The lowest BCUT2D eigenvalue weighted by Crippen LogP contribution is -2.28. The highest BCUT2D eigenvalue weighted by atomic mass is 79.9. The fourth-order valence-corrected chi connectivity index (χ4v) is 3.21. The summed E-state index contributed by atoms with van der Waals surface area (Å²) in [5.74, 6) is 6.32. The minimum absolute atomic E-state index is 0.120. The average Bonchev–Trinajstić information content (AvgIpc) is 2.79. The van der Waals surface area contributed by atoms with Gasteiger partial charge >= 0.3 is 0 Å². The monoisotopic (exact) mass is 350 g/mol. The lowest BCUT2D eigenvalue weighted by molar-refractivity contribution is 0.453. The average molecular weight is 352 g/mol. The quantitative estimate of drug-likeness (QED) is 0.658. The van der Waals surface area contributed by atoms with E-state index in [-0.39, 0.29) is 6.04 Å². The van der Waals surface area contributed by atoms with Crippen LogP contribution in [0.4, 0.5) is 0 Å². The van der Waals surface area contributed by atoms with Gasteiger partial charge in [0.15, 0.2) is 0 Å². The Balaban J connectivity index is 2.36. The molecule has 0 aliphatic heterocycles. The summed E-state index contributed by atoms with van der Waals surface area (Å²) < 4.78 is 7.34. The van der Waals surface area contributed by atoms with Gasteiger partial charge in [-0.05, 0) is 44.0 Å². The van der Waals surface area contributed by atoms with E-state index in [1.165, 1.54) is 0 Å². The molecule has 1 atom stereocenters. The topological polar surface area (TPSA) is 51.2 Å². The van der Waals surface area contributed by atoms with E-state index in [4.69, 9.17) is 10.3 Å². The van der Waals surface area contributed by atoms with Crippen LogP contribution in [0.3, 0.4) is 0 Å². The summed E-state index contributed by atoms with van der Waals surface area (Å²) in [5.41, 5.74) is 2.74. The Hall–Kier alpha value is -0.140. The van der Waals surface area contributed by atoms with E-state index in [2.05, 4.69) is 37.3 Å². The third-order valence-electron chi connectivity index (χ3n) is 1.95. The Morgan fingerprint density at radius 2 is 2.27 bits per heavy atom. The predicted molar refractivity (Wildman–Crippen MR) is 67.6 cm³/mol. The van der Waals surface area contributed by atoms with E-state index in [1.807, 2.05) is 17.5 Å². The molecule has 0 fully saturated rings. The third kappa shape index (κ3) is 2.34. The number of hydrogen-bond donors (Lipinski definition) is 2. The minimum atomic E-state index is -0.120. The summed E-state index contributed by atoms with van der Waals surface area (Å²) in [5, 5.41) is 2.01. The van der Waals surface area contributed by atoms with Gasteiger partial charge in [-0.3, -0.25) is 5.84 Å². The van der Waals surface area contributed by atoms with Crippen LogP contribution in [0.25, 0.3) is 0 Å². The molecule has 0 aliphatic rings. The molecule has 0 spiro atoms. The summed E-state index contributed by atoms with van der Waals surface area (Å²) in [7, 11) is 0. The van der Waals surface area contributed by atoms with Gasteiger partial charge in [0.2, 0.25) is 0 Å². The van der Waals surface area contributed by atoms with Crippen LogP contribution in [0.15, 0.2) is 37.1 Å². The van der Waals surface area contributed by atoms with Crippen molar-refractivity contribution < 1.29 is 4.42 Å². The molecule has 3 nitrogen and oxygen atoms in total. The van der Waals surface area contributed by atoms with Gasteiger partial charge < -0.3 is 4.42 Å². The Kier molecular flexibility index (Phi) is 3.63. The lowest BCUT2D eigenvalue weighted by atomic mass is 10.2. The minimum Gasteiger partial charge on any atom is -0.466 e. The Labute approximate surface area is 108 Å². The molecule has 2 aromatic heterocycles. The number of nitrogens with one attached hydrogen (secondary N) is 1. The fraction of sp³-hybridized carbons (Fsp3) is 0.111. The predicted octanol–water partition coefficient (Wildman–Crippen LogP) is 3.42. The first-order valence-corrected chi connectivity index (χ1v) is 6.62. The molecule has 2 aromatic rings. The molecule has 0 aromatic carbocycles. The van der Waals surface area contributed by atoms with Crippen molar-refractivity contribution in [3.63, 3.8) is 0 Å². The maximum Gasteiger partial charge on any atom is 0.141 e. The van der Waals surface area contributed by atoms with Crippen LogP contribution in [0.5, 0.6) is 0 Å². The van der Waals surface area contributed by atoms with Gasteiger partial charge in [0, 0.05) is 14.7 Å². The summed E-state index contributed by atoms with van der Waals surface area (Å²) in [4.78, 5) is 1.10. The molecule has 0 radical (unpaired) electrons. The van der Waals surface area contributed by atoms with Crippen molar-refractivity contribution >= 4 is 43.2 Å². The van der Waals surface area contributed by atoms with Crippen molar-refractivity contribution in [3.05, 3.63) is 43.4 Å². The second-order valence-corrected chi connectivity index (χ2v) is 5.61. The first-order valence-electron chi connectivity index (χ1n) is 4.15. The zero-order valence-electron chi connectivity index (χ0n) is 7.54. The number of halogens is 2. The van der Waals surface area contributed by atoms with Crippen LogP contribution in [0.2, 0.25) is 0 Å². The van der Waals surface area contributed by atoms with E-state index in [9.17, 15) is 0 Å². The van der Waals surface area contributed by atoms with Crippen LogP contribution in [0, 0.1) is 0 Å². The molecule has 3 N–H and O–H groups in total. The van der Waals surface area contributed by atoms with Crippen molar-refractivity contribution in [1.82, 2.24) is 5.43 Å². The molecular weight excluding hydrogens is 344 g/mol. The largest absolute Gasteiger partial charge is 0.466 e. The molecule has 2 heterocycles. The summed E-state index contributed by atoms with van der Waals surface area (Å²) in [6, 6.07) is 3.75. The van der Waals surface area contributed by atoms with Gasteiger partial charge in [0.05, 0.1) is 10.7 Å². The molecule has 0 amide bonds. The Morgan fingerprint density at radius 1 is 1.47 bits per heavy atom. The first kappa shape index (κ1) is 11.3. The second kappa shape index (κ2) is 4.80. The zero-order chi connectivity index (χ0) is 10.8. The lowest BCUT2D eigenvalue weighted by Gasteiger charge is -2.11. The maximum atomic E-state index is 5.53. The van der Waals surface area contributed by atoms with Crippen molar-refractivity contribution in [2.24, 2.45) is 5.84 Å². The van der Waals surface area contributed by atoms with E-state index in [0.717, 1.165) is 19.6 Å². The fourth-order valence-electron chi connectivity index (χ4n) is 1.28. The molecular formula is C9H8Br2N2OS. The van der Waals surface area contributed by atoms with E-state index >= 15 is 0 Å². The van der Waals surface area contributed by atoms with Crippen molar-refractivity contribution in [3.8, 4) is 0 Å². The van der Waals surface area contributed by atoms with Crippen LogP contribution in [-0.4, -0.2) is 0 Å². The van der Waals surface area contributed by atoms with Gasteiger partial charge in [0.1, 0.15) is 11.8 Å². The maximum absolute atomic E-state index is 5.53. The summed E-state index contributed by atoms with van der Waals surface area (Å²) >= 11 is 8.45. The normalized spacial score (nSPS) is 13.0. The van der Waals surface area contributed by atoms with Crippen molar-refractivity contribution in [1.29, 1.82) is 0 Å². The Bertz CT molecular complexity index is 454. The van der Waals surface area contributed by atoms with Crippen molar-refractivity contribution in [2.45, 2.75) is 6.04 Å². The molecule has 1 unspecified atom stereocenters. The van der Waals surface area contributed by atoms with Crippen molar-refractivity contribution in [2.75, 3.05) is 0 Å². The highest BCUT2D eigenvalue weighted by Gasteiger charge is 2.20. The molecule has 0 saturated heterocycles. The van der Waals surface area contributed by atoms with Gasteiger partial charge in [-0.15, -0.1) is 11.3 Å². The number of rotatable bonds is 3. The number of thiophene rings is 1. The first-order chi connectivity index (χ1) is 7.22. The SMILES string of the molecule is NNC(c1cc(Br)cs1)c1occc1Br. The van der Waals surface area contributed by atoms with Crippen LogP contribution in [-0.2, 0) is 0 Å². The number of furan rings is 1. The number of hydrogen-bond acceptors (Lipinski definition) is 4. The van der Waals surface area contributed by atoms with Crippen LogP contribution < -0.4 is 11.3 Å². The molecule has 15 heavy (non-hydrogen) atoms. The third-order valence-corrected chi connectivity index (χ3v) is 4.36. The standard InChI is InChI=1S/C9H8Br2N2OS/c10-5-3-7(15-4-5)8(13-12)9-6(11)1-2-14-9/h1-4,8,13H,12H2. The molecule has 0 bridgehead atoms. The molecule has 0 saturated carbocycles. The number of hydrazine groups is 1. The van der Waals surface area contributed by atoms with E-state index < -0.39 is 0 Å². The zero-order valence-corrected chi connectivity index (χ0v) is 11.5. The molecule has 6 heteroatoms. The van der Waals surface area contributed by atoms with Gasteiger partial charge in [-0.2, -0.15) is 0 Å². The number of nitrogens with two attached hydrogens (primary N) is 1. The summed E-state index contributed by atoms with van der Waals surface area (Å²) in [6.07, 6.45) is 1.63. The van der Waals surface area contributed by atoms with E-state index in [1.54, 1.807) is 17.6 Å². The van der Waals surface area contributed by atoms with E-state index in [0.29, 0.717) is 0 Å². The van der Waals surface area contributed by atoms with Crippen LogP contribution >= 0.6 is 43.2 Å². The molecule has 2 rings (SSSR count). The van der Waals surface area contributed by atoms with Gasteiger partial charge in [0.25, 0.3) is 0 Å². The van der Waals surface area contributed by atoms with Crippen LogP contribution in [0.1, 0.15) is 16.7 Å². The second-order valence-electron chi connectivity index (χ2n) is 2.90. The summed E-state index contributed by atoms with van der Waals surface area (Å²) in [6.45, 7) is 0. The van der Waals surface area contributed by atoms with Gasteiger partial charge in [-0.25, -0.2) is 5.43 Å². The highest BCUT2D eigenvalue weighted by molar-refractivity contribution is 9.10. The molecule has 80 valence electrons. The van der Waals surface area contributed by atoms with Gasteiger partial charge in [-0.1, -0.05) is 0 Å². The Morgan fingerprint density at radius 3 is 2.73 bits per heavy atom. The highest BCUT2D eigenvalue weighted by Crippen LogP contribution is 2.33.